The van der Waals surface area contributed by atoms with E-state index in [0.29, 0.717) is 18.3 Å². The average molecular weight is 318 g/mol. The Morgan fingerprint density at radius 2 is 2.14 bits per heavy atom. The maximum Gasteiger partial charge on any atom is 0.274 e. The van der Waals surface area contributed by atoms with Crippen LogP contribution in [0.25, 0.3) is 10.8 Å². The van der Waals surface area contributed by atoms with Crippen LogP contribution in [-0.2, 0) is 6.54 Å². The van der Waals surface area contributed by atoms with E-state index in [1.807, 2.05) is 37.6 Å². The van der Waals surface area contributed by atoms with Gasteiger partial charge in [0.25, 0.3) is 11.8 Å². The van der Waals surface area contributed by atoms with Crippen molar-refractivity contribution in [1.29, 1.82) is 0 Å². The minimum atomic E-state index is -0.212. The highest BCUT2D eigenvalue weighted by atomic mass is 32.1. The first kappa shape index (κ1) is 14.9. The van der Waals surface area contributed by atoms with Gasteiger partial charge in [-0.1, -0.05) is 18.2 Å². The lowest BCUT2D eigenvalue weighted by Crippen LogP contribution is -3.07. The van der Waals surface area contributed by atoms with Crippen LogP contribution in [0.3, 0.4) is 0 Å². The standard InChI is InChI=1S/C16H16FN3OS/c1-11(20(2)10-12-5-3-6-13(17)9-12)15-18-19-16(21-15)14-7-4-8-22-14/h3-9,11H,10H2,1-2H3/p+1/t11-/m0/s1. The predicted octanol–water partition coefficient (Wildman–Crippen LogP) is 2.71. The van der Waals surface area contributed by atoms with E-state index in [4.69, 9.17) is 4.42 Å². The van der Waals surface area contributed by atoms with Crippen LogP contribution in [-0.4, -0.2) is 17.2 Å². The molecule has 22 heavy (non-hydrogen) atoms. The van der Waals surface area contributed by atoms with Gasteiger partial charge in [-0.15, -0.1) is 21.5 Å². The summed E-state index contributed by atoms with van der Waals surface area (Å²) in [5.74, 6) is 0.934. The van der Waals surface area contributed by atoms with Gasteiger partial charge < -0.3 is 9.32 Å². The monoisotopic (exact) mass is 318 g/mol. The van der Waals surface area contributed by atoms with Crippen LogP contribution < -0.4 is 4.90 Å². The van der Waals surface area contributed by atoms with Crippen LogP contribution in [0, 0.1) is 5.82 Å². The smallest absolute Gasteiger partial charge is 0.274 e. The molecule has 3 aromatic rings. The molecule has 2 heterocycles. The van der Waals surface area contributed by atoms with Gasteiger partial charge in [0.15, 0.2) is 6.04 Å². The Morgan fingerprint density at radius 3 is 2.86 bits per heavy atom. The van der Waals surface area contributed by atoms with Gasteiger partial charge in [0.1, 0.15) is 12.4 Å². The van der Waals surface area contributed by atoms with Crippen LogP contribution in [0.15, 0.2) is 46.2 Å². The number of halogens is 1. The maximum atomic E-state index is 13.3. The van der Waals surface area contributed by atoms with Gasteiger partial charge >= 0.3 is 0 Å². The normalized spacial score (nSPS) is 14.0. The predicted molar refractivity (Wildman–Crippen MR) is 83.0 cm³/mol. The van der Waals surface area contributed by atoms with Gasteiger partial charge in [-0.25, -0.2) is 4.39 Å². The van der Waals surface area contributed by atoms with E-state index >= 15 is 0 Å². The number of thiophene rings is 1. The Kier molecular flexibility index (Phi) is 4.31. The summed E-state index contributed by atoms with van der Waals surface area (Å²) in [6, 6.07) is 10.6. The highest BCUT2D eigenvalue weighted by Gasteiger charge is 2.23. The molecule has 2 aromatic heterocycles. The number of benzene rings is 1. The third kappa shape index (κ3) is 3.23. The van der Waals surface area contributed by atoms with Crippen LogP contribution in [0.2, 0.25) is 0 Å². The molecule has 0 saturated heterocycles. The molecular weight excluding hydrogens is 301 g/mol. The quantitative estimate of drug-likeness (QED) is 0.786. The van der Waals surface area contributed by atoms with Crippen molar-refractivity contribution >= 4 is 11.3 Å². The third-order valence-corrected chi connectivity index (χ3v) is 4.51. The van der Waals surface area contributed by atoms with E-state index in [1.165, 1.54) is 6.07 Å². The number of hydrogen-bond donors (Lipinski definition) is 1. The van der Waals surface area contributed by atoms with Gasteiger partial charge in [-0.2, -0.15) is 0 Å². The summed E-state index contributed by atoms with van der Waals surface area (Å²) in [6.45, 7) is 2.72. The second-order valence-electron chi connectivity index (χ2n) is 5.30. The molecule has 6 heteroatoms. The zero-order valence-corrected chi connectivity index (χ0v) is 13.2. The third-order valence-electron chi connectivity index (χ3n) is 3.65. The number of aromatic nitrogens is 2. The molecule has 1 aromatic carbocycles. The molecular formula is C16H17FN3OS+. The van der Waals surface area contributed by atoms with Crippen molar-refractivity contribution in [2.24, 2.45) is 0 Å². The number of quaternary nitrogens is 1. The van der Waals surface area contributed by atoms with Gasteiger partial charge in [0.2, 0.25) is 0 Å². The second-order valence-corrected chi connectivity index (χ2v) is 6.25. The molecule has 0 saturated carbocycles. The Bertz CT molecular complexity index is 741. The Labute approximate surface area is 132 Å². The van der Waals surface area contributed by atoms with Crippen molar-refractivity contribution in [3.05, 3.63) is 59.0 Å². The van der Waals surface area contributed by atoms with Gasteiger partial charge in [-0.3, -0.25) is 0 Å². The molecule has 0 fully saturated rings. The molecule has 114 valence electrons. The van der Waals surface area contributed by atoms with Crippen LogP contribution in [0.4, 0.5) is 4.39 Å². The SMILES string of the molecule is C[C@@H](c1nnc(-c2cccs2)o1)[NH+](C)Cc1cccc(F)c1. The first-order valence-corrected chi connectivity index (χ1v) is 7.95. The highest BCUT2D eigenvalue weighted by Crippen LogP contribution is 2.24. The minimum absolute atomic E-state index is 0.0319. The molecule has 3 rings (SSSR count). The van der Waals surface area contributed by atoms with Crippen molar-refractivity contribution in [2.75, 3.05) is 7.05 Å². The molecule has 1 N–H and O–H groups in total. The zero-order chi connectivity index (χ0) is 15.5. The van der Waals surface area contributed by atoms with E-state index in [2.05, 4.69) is 10.2 Å². The lowest BCUT2D eigenvalue weighted by molar-refractivity contribution is -0.925. The van der Waals surface area contributed by atoms with E-state index in [-0.39, 0.29) is 11.9 Å². The van der Waals surface area contributed by atoms with Crippen molar-refractivity contribution in [2.45, 2.75) is 19.5 Å². The van der Waals surface area contributed by atoms with Crippen LogP contribution >= 0.6 is 11.3 Å². The largest absolute Gasteiger partial charge is 0.414 e. The molecule has 0 aliphatic carbocycles. The van der Waals surface area contributed by atoms with E-state index in [9.17, 15) is 4.39 Å². The zero-order valence-electron chi connectivity index (χ0n) is 12.4. The second kappa shape index (κ2) is 6.37. The Hall–Kier alpha value is -2.05. The van der Waals surface area contributed by atoms with Crippen LogP contribution in [0.5, 0.6) is 0 Å². The van der Waals surface area contributed by atoms with Crippen molar-refractivity contribution in [3.63, 3.8) is 0 Å². The first-order valence-electron chi connectivity index (χ1n) is 7.07. The van der Waals surface area contributed by atoms with Crippen molar-refractivity contribution in [3.8, 4) is 10.8 Å². The summed E-state index contributed by atoms with van der Waals surface area (Å²) in [5, 5.41) is 10.2. The topological polar surface area (TPSA) is 43.4 Å². The first-order chi connectivity index (χ1) is 10.6. The minimum Gasteiger partial charge on any atom is -0.414 e. The molecule has 1 unspecified atom stereocenters. The molecule has 0 spiro atoms. The van der Waals surface area contributed by atoms with Crippen molar-refractivity contribution < 1.29 is 13.7 Å². The fraction of sp³-hybridized carbons (Fsp3) is 0.250. The lowest BCUT2D eigenvalue weighted by Gasteiger charge is -2.18. The summed E-state index contributed by atoms with van der Waals surface area (Å²) in [6.07, 6.45) is 0. The molecule has 0 radical (unpaired) electrons. The highest BCUT2D eigenvalue weighted by molar-refractivity contribution is 7.13. The van der Waals surface area contributed by atoms with E-state index in [0.717, 1.165) is 15.3 Å². The molecule has 0 amide bonds. The number of nitrogens with zero attached hydrogens (tertiary/aromatic N) is 2. The molecule has 2 atom stereocenters. The average Bonchev–Trinajstić information content (AvgIpc) is 3.17. The van der Waals surface area contributed by atoms with Crippen molar-refractivity contribution in [1.82, 2.24) is 10.2 Å². The maximum absolute atomic E-state index is 13.3. The van der Waals surface area contributed by atoms with Gasteiger partial charge in [0, 0.05) is 5.56 Å². The molecule has 0 aliphatic rings. The molecule has 4 nitrogen and oxygen atoms in total. The lowest BCUT2D eigenvalue weighted by atomic mass is 10.2. The summed E-state index contributed by atoms with van der Waals surface area (Å²) >= 11 is 1.57. The summed E-state index contributed by atoms with van der Waals surface area (Å²) in [7, 11) is 2.03. The van der Waals surface area contributed by atoms with Gasteiger partial charge in [-0.05, 0) is 30.5 Å². The summed E-state index contributed by atoms with van der Waals surface area (Å²) < 4.78 is 19.0. The number of rotatable bonds is 5. The molecule has 0 aliphatic heterocycles. The molecule has 0 bridgehead atoms. The fourth-order valence-electron chi connectivity index (χ4n) is 2.24. The van der Waals surface area contributed by atoms with E-state index < -0.39 is 0 Å². The summed E-state index contributed by atoms with van der Waals surface area (Å²) in [5.41, 5.74) is 0.947. The number of hydrogen-bond acceptors (Lipinski definition) is 4. The Morgan fingerprint density at radius 1 is 1.27 bits per heavy atom. The fourth-order valence-corrected chi connectivity index (χ4v) is 2.89. The number of nitrogens with one attached hydrogen (secondary N) is 1. The van der Waals surface area contributed by atoms with E-state index in [1.54, 1.807) is 23.5 Å². The van der Waals surface area contributed by atoms with Gasteiger partial charge in [0.05, 0.1) is 11.9 Å². The summed E-state index contributed by atoms with van der Waals surface area (Å²) in [4.78, 5) is 2.13. The van der Waals surface area contributed by atoms with Crippen LogP contribution in [0.1, 0.15) is 24.4 Å². The Balaban J connectivity index is 1.72.